The Kier molecular flexibility index (Phi) is 5.32. The monoisotopic (exact) mass is 402 g/mol. The number of aryl methyl sites for hydroxylation is 2. The molecule has 1 N–H and O–H groups in total. The largest absolute Gasteiger partial charge is 0.481 e. The maximum absolute atomic E-state index is 11.2. The van der Waals surface area contributed by atoms with E-state index < -0.39 is 5.97 Å². The highest BCUT2D eigenvalue weighted by atomic mass is 32.1. The fourth-order valence-corrected chi connectivity index (χ4v) is 4.28. The second-order valence-corrected chi connectivity index (χ2v) is 8.00. The van der Waals surface area contributed by atoms with E-state index in [-0.39, 0.29) is 6.42 Å². The molecule has 4 nitrogen and oxygen atoms in total. The van der Waals surface area contributed by atoms with E-state index in [1.54, 1.807) is 11.3 Å². The molecule has 146 valence electrons. The Morgan fingerprint density at radius 3 is 2.62 bits per heavy atom. The van der Waals surface area contributed by atoms with E-state index in [2.05, 4.69) is 48.5 Å². The number of hydrogen-bond acceptors (Lipinski definition) is 4. The number of aromatic nitrogens is 1. The predicted octanol–water partition coefficient (Wildman–Crippen LogP) is 6.19. The molecule has 0 aliphatic heterocycles. The second kappa shape index (κ2) is 8.05. The van der Waals surface area contributed by atoms with Crippen molar-refractivity contribution in [2.45, 2.75) is 20.3 Å². The molecule has 0 aliphatic carbocycles. The molecule has 1 aromatic heterocycles. The lowest BCUT2D eigenvalue weighted by atomic mass is 10.1. The number of fused-ring (bicyclic) bond motifs is 1. The van der Waals surface area contributed by atoms with E-state index in [1.165, 1.54) is 10.8 Å². The van der Waals surface area contributed by atoms with Crippen LogP contribution in [-0.4, -0.2) is 22.6 Å². The van der Waals surface area contributed by atoms with Crippen LogP contribution in [0.2, 0.25) is 0 Å². The van der Waals surface area contributed by atoms with E-state index in [0.29, 0.717) is 6.54 Å². The molecule has 0 spiro atoms. The van der Waals surface area contributed by atoms with E-state index in [1.807, 2.05) is 36.3 Å². The van der Waals surface area contributed by atoms with E-state index in [9.17, 15) is 9.90 Å². The van der Waals surface area contributed by atoms with Crippen LogP contribution in [0.1, 0.15) is 17.5 Å². The van der Waals surface area contributed by atoms with Gasteiger partial charge in [-0.2, -0.15) is 0 Å². The van der Waals surface area contributed by atoms with Crippen molar-refractivity contribution in [3.05, 3.63) is 77.2 Å². The number of benzene rings is 3. The lowest BCUT2D eigenvalue weighted by Crippen LogP contribution is -2.21. The molecule has 0 radical (unpaired) electrons. The van der Waals surface area contributed by atoms with Gasteiger partial charge in [0, 0.05) is 23.2 Å². The average Bonchev–Trinajstić information content (AvgIpc) is 3.20. The molecular weight excluding hydrogens is 380 g/mol. The van der Waals surface area contributed by atoms with Gasteiger partial charge in [-0.05, 0) is 47.9 Å². The van der Waals surface area contributed by atoms with Crippen LogP contribution in [0.25, 0.3) is 22.0 Å². The van der Waals surface area contributed by atoms with Gasteiger partial charge in [-0.1, -0.05) is 48.5 Å². The Balaban J connectivity index is 1.72. The van der Waals surface area contributed by atoms with Crippen LogP contribution in [0.4, 0.5) is 10.8 Å². The van der Waals surface area contributed by atoms with Crippen LogP contribution in [0, 0.1) is 13.8 Å². The fourth-order valence-electron chi connectivity index (χ4n) is 3.41. The van der Waals surface area contributed by atoms with Crippen LogP contribution in [0.3, 0.4) is 0 Å². The van der Waals surface area contributed by atoms with Crippen LogP contribution in [0.5, 0.6) is 0 Å². The van der Waals surface area contributed by atoms with Gasteiger partial charge in [0.05, 0.1) is 12.1 Å². The van der Waals surface area contributed by atoms with Gasteiger partial charge in [0.15, 0.2) is 5.13 Å². The molecule has 0 amide bonds. The first-order valence-corrected chi connectivity index (χ1v) is 10.4. The van der Waals surface area contributed by atoms with Crippen LogP contribution in [0.15, 0.2) is 66.0 Å². The van der Waals surface area contributed by atoms with Crippen molar-refractivity contribution in [1.82, 2.24) is 4.98 Å². The summed E-state index contributed by atoms with van der Waals surface area (Å²) < 4.78 is 0. The van der Waals surface area contributed by atoms with Gasteiger partial charge in [0.25, 0.3) is 0 Å². The summed E-state index contributed by atoms with van der Waals surface area (Å²) in [5, 5.41) is 14.4. The first-order valence-electron chi connectivity index (χ1n) is 9.52. The molecule has 0 fully saturated rings. The lowest BCUT2D eigenvalue weighted by molar-refractivity contribution is -0.136. The molecular formula is C24H22N2O2S. The second-order valence-electron chi connectivity index (χ2n) is 7.16. The summed E-state index contributed by atoms with van der Waals surface area (Å²) in [5.74, 6) is -0.813. The van der Waals surface area contributed by atoms with Crippen molar-refractivity contribution in [3.63, 3.8) is 0 Å². The maximum Gasteiger partial charge on any atom is 0.305 e. The first-order chi connectivity index (χ1) is 14.0. The molecule has 4 aromatic rings. The number of carboxylic acids is 1. The highest BCUT2D eigenvalue weighted by Gasteiger charge is 2.17. The van der Waals surface area contributed by atoms with Gasteiger partial charge in [-0.15, -0.1) is 11.3 Å². The molecule has 4 rings (SSSR count). The summed E-state index contributed by atoms with van der Waals surface area (Å²) in [6, 6.07) is 20.8. The standard InChI is InChI=1S/C24H22N2O2S/c1-16-7-8-17(2)22(13-16)26(12-11-23(27)28)24-25-21(15-29-24)20-10-9-18-5-3-4-6-19(18)14-20/h3-10,13-15H,11-12H2,1-2H3,(H,27,28). The van der Waals surface area contributed by atoms with Crippen LogP contribution >= 0.6 is 11.3 Å². The Morgan fingerprint density at radius 2 is 1.83 bits per heavy atom. The smallest absolute Gasteiger partial charge is 0.305 e. The number of rotatable bonds is 6. The molecule has 0 saturated heterocycles. The SMILES string of the molecule is Cc1ccc(C)c(N(CCC(=O)O)c2nc(-c3ccc4ccccc4c3)cs2)c1. The minimum absolute atomic E-state index is 0.0538. The van der Waals surface area contributed by atoms with Crippen molar-refractivity contribution >= 4 is 38.9 Å². The molecule has 3 aromatic carbocycles. The van der Waals surface area contributed by atoms with Gasteiger partial charge < -0.3 is 10.0 Å². The predicted molar refractivity (Wildman–Crippen MR) is 120 cm³/mol. The van der Waals surface area contributed by atoms with Crippen molar-refractivity contribution in [2.75, 3.05) is 11.4 Å². The zero-order valence-corrected chi connectivity index (χ0v) is 17.2. The fraction of sp³-hybridized carbons (Fsp3) is 0.167. The zero-order valence-electron chi connectivity index (χ0n) is 16.4. The van der Waals surface area contributed by atoms with Crippen molar-refractivity contribution in [1.29, 1.82) is 0 Å². The molecule has 1 heterocycles. The van der Waals surface area contributed by atoms with Gasteiger partial charge in [0.2, 0.25) is 0 Å². The number of carbonyl (C=O) groups is 1. The summed E-state index contributed by atoms with van der Waals surface area (Å²) in [4.78, 5) is 18.1. The number of nitrogens with zero attached hydrogens (tertiary/aromatic N) is 2. The van der Waals surface area contributed by atoms with Crippen molar-refractivity contribution in [3.8, 4) is 11.3 Å². The van der Waals surface area contributed by atoms with E-state index >= 15 is 0 Å². The highest BCUT2D eigenvalue weighted by molar-refractivity contribution is 7.14. The highest BCUT2D eigenvalue weighted by Crippen LogP contribution is 2.35. The Labute approximate surface area is 174 Å². The van der Waals surface area contributed by atoms with E-state index in [4.69, 9.17) is 4.98 Å². The number of aliphatic carboxylic acids is 1. The minimum Gasteiger partial charge on any atom is -0.481 e. The van der Waals surface area contributed by atoms with Crippen molar-refractivity contribution < 1.29 is 9.90 Å². The Bertz CT molecular complexity index is 1180. The molecule has 0 atom stereocenters. The Hall–Kier alpha value is -3.18. The van der Waals surface area contributed by atoms with Crippen LogP contribution < -0.4 is 4.90 Å². The van der Waals surface area contributed by atoms with E-state index in [0.717, 1.165) is 33.2 Å². The topological polar surface area (TPSA) is 53.4 Å². The summed E-state index contributed by atoms with van der Waals surface area (Å²) in [6.07, 6.45) is 0.0538. The van der Waals surface area contributed by atoms with Gasteiger partial charge in [-0.3, -0.25) is 4.79 Å². The molecule has 29 heavy (non-hydrogen) atoms. The maximum atomic E-state index is 11.2. The third-order valence-electron chi connectivity index (χ3n) is 4.97. The third kappa shape index (κ3) is 4.15. The van der Waals surface area contributed by atoms with Gasteiger partial charge in [-0.25, -0.2) is 4.98 Å². The zero-order chi connectivity index (χ0) is 20.4. The van der Waals surface area contributed by atoms with Gasteiger partial charge >= 0.3 is 5.97 Å². The summed E-state index contributed by atoms with van der Waals surface area (Å²) in [7, 11) is 0. The quantitative estimate of drug-likeness (QED) is 0.418. The van der Waals surface area contributed by atoms with Crippen LogP contribution in [-0.2, 0) is 4.79 Å². The molecule has 0 aliphatic rings. The number of carboxylic acid groups (broad SMARTS) is 1. The molecule has 0 unspecified atom stereocenters. The summed E-state index contributed by atoms with van der Waals surface area (Å²) >= 11 is 1.54. The number of hydrogen-bond donors (Lipinski definition) is 1. The lowest BCUT2D eigenvalue weighted by Gasteiger charge is -2.23. The normalized spacial score (nSPS) is 11.0. The molecule has 0 saturated carbocycles. The number of anilines is 2. The molecule has 5 heteroatoms. The van der Waals surface area contributed by atoms with Crippen molar-refractivity contribution in [2.24, 2.45) is 0 Å². The Morgan fingerprint density at radius 1 is 1.03 bits per heavy atom. The minimum atomic E-state index is -0.813. The summed E-state index contributed by atoms with van der Waals surface area (Å²) in [6.45, 7) is 4.46. The number of thiazole rings is 1. The average molecular weight is 403 g/mol. The molecule has 0 bridgehead atoms. The first kappa shape index (κ1) is 19.2. The summed E-state index contributed by atoms with van der Waals surface area (Å²) in [5.41, 5.74) is 5.21. The third-order valence-corrected chi connectivity index (χ3v) is 5.84. The van der Waals surface area contributed by atoms with Gasteiger partial charge in [0.1, 0.15) is 0 Å².